The minimum absolute atomic E-state index is 0.570. The number of nitrogens with zero attached hydrogens (tertiary/aromatic N) is 2. The second kappa shape index (κ2) is 6.62. The lowest BCUT2D eigenvalue weighted by Crippen LogP contribution is -1.81. The Morgan fingerprint density at radius 3 is 2.43 bits per heavy atom. The topological polar surface area (TPSA) is 38.9 Å². The Morgan fingerprint density at radius 2 is 1.71 bits per heavy atom. The summed E-state index contributed by atoms with van der Waals surface area (Å²) in [5.74, 6) is 1.40. The molecule has 0 fully saturated rings. The van der Waals surface area contributed by atoms with Gasteiger partial charge in [-0.15, -0.1) is 10.2 Å². The SMILES string of the molecule is Cc1ccc(-c2nnc(SCc3ccc(I)cc3)o2)cc1. The molecule has 0 radical (unpaired) electrons. The summed E-state index contributed by atoms with van der Waals surface area (Å²) < 4.78 is 6.93. The van der Waals surface area contributed by atoms with E-state index in [-0.39, 0.29) is 0 Å². The molecule has 0 saturated carbocycles. The first kappa shape index (κ1) is 14.6. The Labute approximate surface area is 141 Å². The minimum atomic E-state index is 0.570. The molecule has 0 aliphatic rings. The van der Waals surface area contributed by atoms with Crippen molar-refractivity contribution in [1.29, 1.82) is 0 Å². The van der Waals surface area contributed by atoms with Gasteiger partial charge in [-0.2, -0.15) is 0 Å². The lowest BCUT2D eigenvalue weighted by atomic mass is 10.1. The van der Waals surface area contributed by atoms with Gasteiger partial charge in [0.15, 0.2) is 0 Å². The molecular formula is C16H13IN2OS. The molecule has 5 heteroatoms. The lowest BCUT2D eigenvalue weighted by Gasteiger charge is -1.98. The molecule has 106 valence electrons. The molecule has 21 heavy (non-hydrogen) atoms. The van der Waals surface area contributed by atoms with Gasteiger partial charge in [0.05, 0.1) is 0 Å². The van der Waals surface area contributed by atoms with Gasteiger partial charge < -0.3 is 4.42 Å². The van der Waals surface area contributed by atoms with Crippen LogP contribution in [0.3, 0.4) is 0 Å². The highest BCUT2D eigenvalue weighted by molar-refractivity contribution is 14.1. The Kier molecular flexibility index (Phi) is 4.60. The van der Waals surface area contributed by atoms with Gasteiger partial charge in [0.1, 0.15) is 0 Å². The summed E-state index contributed by atoms with van der Waals surface area (Å²) in [4.78, 5) is 0. The van der Waals surface area contributed by atoms with Crippen molar-refractivity contribution >= 4 is 34.4 Å². The fraction of sp³-hybridized carbons (Fsp3) is 0.125. The van der Waals surface area contributed by atoms with Gasteiger partial charge >= 0.3 is 0 Å². The van der Waals surface area contributed by atoms with E-state index in [9.17, 15) is 0 Å². The highest BCUT2D eigenvalue weighted by atomic mass is 127. The van der Waals surface area contributed by atoms with Crippen LogP contribution < -0.4 is 0 Å². The summed E-state index contributed by atoms with van der Waals surface area (Å²) >= 11 is 3.86. The first-order valence-electron chi connectivity index (χ1n) is 6.48. The zero-order chi connectivity index (χ0) is 14.7. The number of hydrogen-bond acceptors (Lipinski definition) is 4. The van der Waals surface area contributed by atoms with Crippen molar-refractivity contribution in [3.8, 4) is 11.5 Å². The van der Waals surface area contributed by atoms with Gasteiger partial charge in [0, 0.05) is 14.9 Å². The maximum absolute atomic E-state index is 5.69. The van der Waals surface area contributed by atoms with Crippen molar-refractivity contribution in [1.82, 2.24) is 10.2 Å². The van der Waals surface area contributed by atoms with Crippen LogP contribution in [0.4, 0.5) is 0 Å². The number of hydrogen-bond donors (Lipinski definition) is 0. The number of aryl methyl sites for hydroxylation is 1. The normalized spacial score (nSPS) is 10.8. The smallest absolute Gasteiger partial charge is 0.277 e. The average Bonchev–Trinajstić information content (AvgIpc) is 2.96. The van der Waals surface area contributed by atoms with E-state index in [1.54, 1.807) is 11.8 Å². The minimum Gasteiger partial charge on any atom is -0.411 e. The molecule has 0 N–H and O–H groups in total. The zero-order valence-corrected chi connectivity index (χ0v) is 14.4. The van der Waals surface area contributed by atoms with Gasteiger partial charge in [0.25, 0.3) is 5.22 Å². The molecule has 3 rings (SSSR count). The Balaban J connectivity index is 1.67. The molecule has 0 spiro atoms. The average molecular weight is 408 g/mol. The Bertz CT molecular complexity index is 723. The molecule has 0 aliphatic carbocycles. The van der Waals surface area contributed by atoms with E-state index in [4.69, 9.17) is 4.42 Å². The van der Waals surface area contributed by atoms with Crippen LogP contribution in [0.1, 0.15) is 11.1 Å². The molecule has 2 aromatic carbocycles. The van der Waals surface area contributed by atoms with Crippen LogP contribution in [0.15, 0.2) is 58.2 Å². The first-order chi connectivity index (χ1) is 10.2. The second-order valence-corrected chi connectivity index (χ2v) is 6.83. The molecule has 1 aromatic heterocycles. The second-order valence-electron chi connectivity index (χ2n) is 4.65. The number of halogens is 1. The maximum Gasteiger partial charge on any atom is 0.277 e. The van der Waals surface area contributed by atoms with Gasteiger partial charge in [0.2, 0.25) is 5.89 Å². The van der Waals surface area contributed by atoms with Crippen LogP contribution in [0.2, 0.25) is 0 Å². The van der Waals surface area contributed by atoms with Gasteiger partial charge in [-0.1, -0.05) is 41.6 Å². The lowest BCUT2D eigenvalue weighted by molar-refractivity contribution is 0.466. The predicted molar refractivity (Wildman–Crippen MR) is 93.2 cm³/mol. The van der Waals surface area contributed by atoms with Crippen LogP contribution in [-0.4, -0.2) is 10.2 Å². The molecular weight excluding hydrogens is 395 g/mol. The summed E-state index contributed by atoms with van der Waals surface area (Å²) in [6.07, 6.45) is 0. The molecule has 0 saturated heterocycles. The van der Waals surface area contributed by atoms with Crippen molar-refractivity contribution in [3.05, 3.63) is 63.2 Å². The zero-order valence-electron chi connectivity index (χ0n) is 11.4. The van der Waals surface area contributed by atoms with Crippen LogP contribution in [0.25, 0.3) is 11.5 Å². The van der Waals surface area contributed by atoms with Crippen molar-refractivity contribution in [2.24, 2.45) is 0 Å². The van der Waals surface area contributed by atoms with Crippen LogP contribution in [-0.2, 0) is 5.75 Å². The van der Waals surface area contributed by atoms with Crippen LogP contribution >= 0.6 is 34.4 Å². The van der Waals surface area contributed by atoms with E-state index in [2.05, 4.69) is 64.0 Å². The monoisotopic (exact) mass is 408 g/mol. The fourth-order valence-corrected chi connectivity index (χ4v) is 2.89. The number of rotatable bonds is 4. The summed E-state index contributed by atoms with van der Waals surface area (Å²) in [5.41, 5.74) is 3.41. The van der Waals surface area contributed by atoms with Crippen molar-refractivity contribution in [3.63, 3.8) is 0 Å². The third-order valence-corrected chi connectivity index (χ3v) is 4.59. The summed E-state index contributed by atoms with van der Waals surface area (Å²) in [6, 6.07) is 16.5. The van der Waals surface area contributed by atoms with Gasteiger partial charge in [-0.05, 0) is 59.3 Å². The van der Waals surface area contributed by atoms with Crippen molar-refractivity contribution in [2.75, 3.05) is 0 Å². The van der Waals surface area contributed by atoms with Crippen LogP contribution in [0.5, 0.6) is 0 Å². The first-order valence-corrected chi connectivity index (χ1v) is 8.55. The Morgan fingerprint density at radius 1 is 1.00 bits per heavy atom. The standard InChI is InChI=1S/C16H13IN2OS/c1-11-2-6-13(7-3-11)15-18-19-16(20-15)21-10-12-4-8-14(17)9-5-12/h2-9H,10H2,1H3. The molecule has 0 unspecified atom stereocenters. The third kappa shape index (κ3) is 3.85. The number of thioether (sulfide) groups is 1. The molecule has 3 aromatic rings. The molecule has 0 bridgehead atoms. The largest absolute Gasteiger partial charge is 0.411 e. The molecule has 1 heterocycles. The fourth-order valence-electron chi connectivity index (χ4n) is 1.81. The molecule has 0 atom stereocenters. The van der Waals surface area contributed by atoms with E-state index in [0.29, 0.717) is 11.1 Å². The summed E-state index contributed by atoms with van der Waals surface area (Å²) in [7, 11) is 0. The maximum atomic E-state index is 5.69. The van der Waals surface area contributed by atoms with Gasteiger partial charge in [-0.3, -0.25) is 0 Å². The summed E-state index contributed by atoms with van der Waals surface area (Å²) in [5, 5.41) is 8.80. The van der Waals surface area contributed by atoms with Crippen molar-refractivity contribution in [2.45, 2.75) is 17.9 Å². The van der Waals surface area contributed by atoms with Gasteiger partial charge in [-0.25, -0.2) is 0 Å². The van der Waals surface area contributed by atoms with E-state index in [0.717, 1.165) is 11.3 Å². The molecule has 3 nitrogen and oxygen atoms in total. The molecule has 0 aliphatic heterocycles. The predicted octanol–water partition coefficient (Wildman–Crippen LogP) is 4.94. The van der Waals surface area contributed by atoms with E-state index in [1.165, 1.54) is 14.7 Å². The van der Waals surface area contributed by atoms with E-state index in [1.807, 2.05) is 24.3 Å². The summed E-state index contributed by atoms with van der Waals surface area (Å²) in [6.45, 7) is 2.06. The highest BCUT2D eigenvalue weighted by Crippen LogP contribution is 2.26. The highest BCUT2D eigenvalue weighted by Gasteiger charge is 2.09. The quantitative estimate of drug-likeness (QED) is 0.453. The Hall–Kier alpha value is -1.34. The van der Waals surface area contributed by atoms with Crippen LogP contribution in [0, 0.1) is 10.5 Å². The van der Waals surface area contributed by atoms with Crippen molar-refractivity contribution < 1.29 is 4.42 Å². The molecule has 0 amide bonds. The van der Waals surface area contributed by atoms with E-state index < -0.39 is 0 Å². The number of aromatic nitrogens is 2. The van der Waals surface area contributed by atoms with E-state index >= 15 is 0 Å². The third-order valence-electron chi connectivity index (χ3n) is 2.98. The number of benzene rings is 2.